The molecule has 6 nitrogen and oxygen atoms in total. The molecule has 8 heteroatoms. The minimum atomic E-state index is -0.427. The van der Waals surface area contributed by atoms with E-state index in [1.807, 2.05) is 0 Å². The summed E-state index contributed by atoms with van der Waals surface area (Å²) in [6, 6.07) is 52.9. The lowest BCUT2D eigenvalue weighted by molar-refractivity contribution is 0.00578. The predicted octanol–water partition coefficient (Wildman–Crippen LogP) is 14.3. The highest BCUT2D eigenvalue weighted by Gasteiger charge is 2.52. The van der Waals surface area contributed by atoms with Crippen LogP contribution in [-0.4, -0.2) is 46.6 Å². The first-order valence-electron chi connectivity index (χ1n) is 24.9. The fraction of sp³-hybridized carbons (Fsp3) is 0.323. The Bertz CT molecular complexity index is 3020. The number of rotatable bonds is 7. The normalized spacial score (nSPS) is 17.5. The SMILES string of the molecule is CC(C)(C)c1ccc(-c2cc(-c3ccc(B4OC(C)(C)C(C)(C)O4)cc3)nc3ccc(-c4ccc5nc(-c6ccc(B7OC(C)(C)C(C)(C)O7)cc6)cc(-c6ccc(C(C)(C)C)cc6)c5c4)cc23)cc1. The van der Waals surface area contributed by atoms with Crippen molar-refractivity contribution < 1.29 is 18.6 Å². The number of hydrogen-bond donors (Lipinski definition) is 0. The van der Waals surface area contributed by atoms with E-state index in [1.165, 1.54) is 11.1 Å². The van der Waals surface area contributed by atoms with E-state index in [2.05, 4.69) is 243 Å². The summed E-state index contributed by atoms with van der Waals surface area (Å²) in [7, 11) is -0.855. The van der Waals surface area contributed by atoms with Gasteiger partial charge in [0.1, 0.15) is 0 Å². The van der Waals surface area contributed by atoms with Gasteiger partial charge in [-0.25, -0.2) is 9.97 Å². The van der Waals surface area contributed by atoms with Crippen LogP contribution in [0.25, 0.3) is 77.7 Å². The van der Waals surface area contributed by atoms with E-state index < -0.39 is 36.6 Å². The molecule has 4 heterocycles. The lowest BCUT2D eigenvalue weighted by Crippen LogP contribution is -2.41. The lowest BCUT2D eigenvalue weighted by atomic mass is 9.78. The van der Waals surface area contributed by atoms with Crippen molar-refractivity contribution in [2.75, 3.05) is 0 Å². The molecule has 6 aromatic carbocycles. The van der Waals surface area contributed by atoms with E-state index in [0.717, 1.165) is 88.6 Å². The first kappa shape index (κ1) is 47.8. The molecule has 2 aliphatic rings. The fourth-order valence-electron chi connectivity index (χ4n) is 9.46. The van der Waals surface area contributed by atoms with Crippen LogP contribution < -0.4 is 10.9 Å². The van der Waals surface area contributed by atoms with Gasteiger partial charge in [0.05, 0.1) is 44.8 Å². The minimum Gasteiger partial charge on any atom is -0.399 e. The topological polar surface area (TPSA) is 62.7 Å². The molecular formula is C62H66B2N2O4. The average molecular weight is 925 g/mol. The highest BCUT2D eigenvalue weighted by Crippen LogP contribution is 2.41. The zero-order chi connectivity index (χ0) is 49.8. The Morgan fingerprint density at radius 3 is 0.929 bits per heavy atom. The molecule has 2 aromatic heterocycles. The number of pyridine rings is 2. The van der Waals surface area contributed by atoms with Gasteiger partial charge in [0, 0.05) is 21.9 Å². The van der Waals surface area contributed by atoms with Gasteiger partial charge in [-0.1, -0.05) is 151 Å². The number of fused-ring (bicyclic) bond motifs is 2. The maximum atomic E-state index is 6.38. The Kier molecular flexibility index (Phi) is 11.5. The second kappa shape index (κ2) is 16.9. The highest BCUT2D eigenvalue weighted by molar-refractivity contribution is 6.62. The molecule has 8 aromatic rings. The summed E-state index contributed by atoms with van der Waals surface area (Å²) in [6.45, 7) is 30.2. The summed E-state index contributed by atoms with van der Waals surface area (Å²) in [5, 5.41) is 2.18. The molecule has 0 radical (unpaired) electrons. The third-order valence-corrected chi connectivity index (χ3v) is 15.5. The van der Waals surface area contributed by atoms with Crippen molar-refractivity contribution in [2.45, 2.75) is 130 Å². The summed E-state index contributed by atoms with van der Waals surface area (Å²) in [4.78, 5) is 10.6. The van der Waals surface area contributed by atoms with Crippen LogP contribution in [0.3, 0.4) is 0 Å². The molecule has 0 N–H and O–H groups in total. The zero-order valence-corrected chi connectivity index (χ0v) is 43.5. The summed E-state index contributed by atoms with van der Waals surface area (Å²) < 4.78 is 25.5. The molecule has 0 aliphatic carbocycles. The van der Waals surface area contributed by atoms with Gasteiger partial charge in [0.15, 0.2) is 0 Å². The van der Waals surface area contributed by atoms with Crippen LogP contribution in [0.15, 0.2) is 146 Å². The van der Waals surface area contributed by atoms with Gasteiger partial charge < -0.3 is 18.6 Å². The molecule has 0 unspecified atom stereocenters. The van der Waals surface area contributed by atoms with Crippen LogP contribution in [0.2, 0.25) is 0 Å². The maximum absolute atomic E-state index is 6.38. The molecule has 0 atom stereocenters. The van der Waals surface area contributed by atoms with Crippen molar-refractivity contribution in [1.82, 2.24) is 9.97 Å². The predicted molar refractivity (Wildman–Crippen MR) is 293 cm³/mol. The Hall–Kier alpha value is -5.89. The zero-order valence-electron chi connectivity index (χ0n) is 43.5. The van der Waals surface area contributed by atoms with Crippen LogP contribution in [0.5, 0.6) is 0 Å². The Morgan fingerprint density at radius 2 is 0.629 bits per heavy atom. The molecule has 10 rings (SSSR count). The van der Waals surface area contributed by atoms with E-state index in [1.54, 1.807) is 0 Å². The molecule has 2 fully saturated rings. The summed E-state index contributed by atoms with van der Waals surface area (Å²) >= 11 is 0. The first-order valence-corrected chi connectivity index (χ1v) is 24.9. The number of benzene rings is 6. The molecule has 2 aliphatic heterocycles. The molecule has 2 saturated heterocycles. The fourth-order valence-corrected chi connectivity index (χ4v) is 9.46. The van der Waals surface area contributed by atoms with Gasteiger partial charge in [0.25, 0.3) is 0 Å². The molecule has 0 bridgehead atoms. The summed E-state index contributed by atoms with van der Waals surface area (Å²) in [6.07, 6.45) is 0. The third-order valence-electron chi connectivity index (χ3n) is 15.5. The van der Waals surface area contributed by atoms with Gasteiger partial charge in [0.2, 0.25) is 0 Å². The Balaban J connectivity index is 1.06. The second-order valence-corrected chi connectivity index (χ2v) is 23.6. The molecule has 0 saturated carbocycles. The first-order chi connectivity index (χ1) is 32.9. The minimum absolute atomic E-state index is 0.0368. The molecule has 70 heavy (non-hydrogen) atoms. The van der Waals surface area contributed by atoms with Crippen molar-refractivity contribution in [2.24, 2.45) is 0 Å². The molecule has 0 spiro atoms. The van der Waals surface area contributed by atoms with Gasteiger partial charge >= 0.3 is 14.2 Å². The van der Waals surface area contributed by atoms with E-state index in [-0.39, 0.29) is 10.8 Å². The number of hydrogen-bond acceptors (Lipinski definition) is 6. The number of nitrogens with zero attached hydrogens (tertiary/aromatic N) is 2. The van der Waals surface area contributed by atoms with Crippen molar-refractivity contribution in [3.63, 3.8) is 0 Å². The van der Waals surface area contributed by atoms with Crippen LogP contribution in [0, 0.1) is 0 Å². The average Bonchev–Trinajstić information content (AvgIpc) is 3.69. The highest BCUT2D eigenvalue weighted by atomic mass is 16.7. The summed E-state index contributed by atoms with van der Waals surface area (Å²) in [5.74, 6) is 0. The van der Waals surface area contributed by atoms with Gasteiger partial charge in [-0.05, 0) is 158 Å². The maximum Gasteiger partial charge on any atom is 0.494 e. The smallest absolute Gasteiger partial charge is 0.399 e. The van der Waals surface area contributed by atoms with E-state index in [0.29, 0.717) is 0 Å². The van der Waals surface area contributed by atoms with Gasteiger partial charge in [-0.3, -0.25) is 0 Å². The van der Waals surface area contributed by atoms with Crippen molar-refractivity contribution in [3.8, 4) is 55.9 Å². The lowest BCUT2D eigenvalue weighted by Gasteiger charge is -2.32. The largest absolute Gasteiger partial charge is 0.494 e. The van der Waals surface area contributed by atoms with Crippen LogP contribution in [0.4, 0.5) is 0 Å². The van der Waals surface area contributed by atoms with E-state index >= 15 is 0 Å². The second-order valence-electron chi connectivity index (χ2n) is 23.6. The molecule has 0 amide bonds. The third kappa shape index (κ3) is 8.83. The van der Waals surface area contributed by atoms with Crippen LogP contribution in [-0.2, 0) is 29.4 Å². The van der Waals surface area contributed by atoms with E-state index in [9.17, 15) is 0 Å². The Morgan fingerprint density at radius 1 is 0.343 bits per heavy atom. The number of aromatic nitrogens is 2. The quantitative estimate of drug-likeness (QED) is 0.148. The van der Waals surface area contributed by atoms with Gasteiger partial charge in [-0.15, -0.1) is 0 Å². The molecular weight excluding hydrogens is 858 g/mol. The van der Waals surface area contributed by atoms with Crippen molar-refractivity contribution in [1.29, 1.82) is 0 Å². The van der Waals surface area contributed by atoms with E-state index in [4.69, 9.17) is 28.6 Å². The van der Waals surface area contributed by atoms with Crippen LogP contribution >= 0.6 is 0 Å². The standard InChI is InChI=1S/C62H66B2N2O4/c1-57(2,3)45-25-15-39(16-26-45)49-37-55(41-19-29-47(30-20-41)63-67-59(7,8)60(9,10)68-63)65-53-33-23-43(35-51(49)53)44-24-34-54-52(36-44)50(40-17-27-46(28-18-40)58(4,5)6)38-56(66-54)42-21-31-48(32-22-42)64-69-61(11,12)62(13,14)70-64/h15-38H,1-14H3. The summed E-state index contributed by atoms with van der Waals surface area (Å²) in [5.41, 5.74) is 15.5. The Labute approximate surface area is 416 Å². The molecule has 354 valence electrons. The van der Waals surface area contributed by atoms with Crippen molar-refractivity contribution in [3.05, 3.63) is 157 Å². The van der Waals surface area contributed by atoms with Crippen LogP contribution in [0.1, 0.15) is 108 Å². The van der Waals surface area contributed by atoms with Crippen molar-refractivity contribution >= 4 is 47.0 Å². The van der Waals surface area contributed by atoms with Gasteiger partial charge in [-0.2, -0.15) is 0 Å². The monoisotopic (exact) mass is 925 g/mol.